The Kier molecular flexibility index (Phi) is 5.16. The lowest BCUT2D eigenvalue weighted by molar-refractivity contribution is 0.238. The quantitative estimate of drug-likeness (QED) is 0.634. The van der Waals surface area contributed by atoms with Crippen LogP contribution in [-0.4, -0.2) is 35.3 Å². The predicted molar refractivity (Wildman–Crippen MR) is 108 cm³/mol. The van der Waals surface area contributed by atoms with Crippen LogP contribution in [0.25, 0.3) is 11.0 Å². The molecular weight excluding hydrogens is 354 g/mol. The summed E-state index contributed by atoms with van der Waals surface area (Å²) in [4.78, 5) is 16.8. The zero-order chi connectivity index (χ0) is 19.5. The molecule has 2 aromatic carbocycles. The van der Waals surface area contributed by atoms with Crippen LogP contribution < -0.4 is 20.7 Å². The highest BCUT2D eigenvalue weighted by atomic mass is 16.5. The number of imidazole rings is 1. The van der Waals surface area contributed by atoms with E-state index in [-0.39, 0.29) is 12.1 Å². The summed E-state index contributed by atoms with van der Waals surface area (Å²) < 4.78 is 7.23. The van der Waals surface area contributed by atoms with Gasteiger partial charge in [0.2, 0.25) is 0 Å². The zero-order valence-corrected chi connectivity index (χ0v) is 16.2. The van der Waals surface area contributed by atoms with Crippen LogP contribution >= 0.6 is 0 Å². The number of aryl methyl sites for hydroxylation is 1. The summed E-state index contributed by atoms with van der Waals surface area (Å²) >= 11 is 0. The first-order valence-corrected chi connectivity index (χ1v) is 9.45. The fraction of sp³-hybridized carbons (Fsp3) is 0.333. The van der Waals surface area contributed by atoms with Gasteiger partial charge in [0.25, 0.3) is 0 Å². The van der Waals surface area contributed by atoms with Gasteiger partial charge < -0.3 is 25.3 Å². The standard InChI is InChI=1S/C21H25N5O2/c1-26-19-8-7-17(28-2)10-18(19)25-20(26)13-24-21(27)23-12-16-9-14-5-3-4-6-15(14)11-22-16/h3-8,10,16,22H,9,11-13H2,1-2H3,(H2,23,24,27). The number of nitrogens with one attached hydrogen (secondary N) is 3. The lowest BCUT2D eigenvalue weighted by atomic mass is 9.96. The van der Waals surface area contributed by atoms with E-state index in [1.54, 1.807) is 7.11 Å². The van der Waals surface area contributed by atoms with Crippen LogP contribution in [0.3, 0.4) is 0 Å². The van der Waals surface area contributed by atoms with Gasteiger partial charge in [-0.25, -0.2) is 9.78 Å². The van der Waals surface area contributed by atoms with Gasteiger partial charge in [-0.2, -0.15) is 0 Å². The molecule has 2 heterocycles. The van der Waals surface area contributed by atoms with Crippen LogP contribution in [0.1, 0.15) is 17.0 Å². The Morgan fingerprint density at radius 3 is 2.89 bits per heavy atom. The van der Waals surface area contributed by atoms with Crippen molar-refractivity contribution in [2.24, 2.45) is 7.05 Å². The number of benzene rings is 2. The number of carbonyl (C=O) groups is 1. The minimum atomic E-state index is -0.190. The fourth-order valence-electron chi connectivity index (χ4n) is 3.62. The summed E-state index contributed by atoms with van der Waals surface area (Å²) in [6.45, 7) is 1.79. The Balaban J connectivity index is 1.30. The first kappa shape index (κ1) is 18.3. The Morgan fingerprint density at radius 2 is 2.07 bits per heavy atom. The molecule has 0 radical (unpaired) electrons. The molecule has 3 aromatic rings. The minimum Gasteiger partial charge on any atom is -0.497 e. The number of amides is 2. The molecule has 0 bridgehead atoms. The smallest absolute Gasteiger partial charge is 0.315 e. The molecule has 3 N–H and O–H groups in total. The van der Waals surface area contributed by atoms with E-state index in [1.165, 1.54) is 11.1 Å². The van der Waals surface area contributed by atoms with Crippen molar-refractivity contribution in [3.05, 3.63) is 59.4 Å². The normalized spacial score (nSPS) is 15.9. The van der Waals surface area contributed by atoms with Crippen LogP contribution in [-0.2, 0) is 26.6 Å². The van der Waals surface area contributed by atoms with E-state index in [0.29, 0.717) is 13.1 Å². The number of hydrogen-bond donors (Lipinski definition) is 3. The number of carbonyl (C=O) groups excluding carboxylic acids is 1. The third-order valence-corrected chi connectivity index (χ3v) is 5.26. The van der Waals surface area contributed by atoms with E-state index in [4.69, 9.17) is 4.74 Å². The average Bonchev–Trinajstić information content (AvgIpc) is 3.05. The minimum absolute atomic E-state index is 0.190. The third-order valence-electron chi connectivity index (χ3n) is 5.26. The van der Waals surface area contributed by atoms with Gasteiger partial charge in [-0.15, -0.1) is 0 Å². The molecule has 146 valence electrons. The monoisotopic (exact) mass is 379 g/mol. The van der Waals surface area contributed by atoms with Crippen LogP contribution in [0, 0.1) is 0 Å². The summed E-state index contributed by atoms with van der Waals surface area (Å²) in [7, 11) is 3.58. The first-order chi connectivity index (χ1) is 13.6. The molecule has 1 atom stereocenters. The molecule has 0 saturated heterocycles. The van der Waals surface area contributed by atoms with Crippen molar-refractivity contribution in [1.82, 2.24) is 25.5 Å². The number of hydrogen-bond acceptors (Lipinski definition) is 4. The number of nitrogens with zero attached hydrogens (tertiary/aromatic N) is 2. The van der Waals surface area contributed by atoms with Crippen molar-refractivity contribution in [3.63, 3.8) is 0 Å². The maximum atomic E-state index is 12.2. The van der Waals surface area contributed by atoms with Gasteiger partial charge in [0, 0.05) is 32.2 Å². The SMILES string of the molecule is COc1ccc2c(c1)nc(CNC(=O)NCC1Cc3ccccc3CN1)n2C. The summed E-state index contributed by atoms with van der Waals surface area (Å²) in [6.07, 6.45) is 0.920. The lowest BCUT2D eigenvalue weighted by Crippen LogP contribution is -2.47. The molecule has 0 fully saturated rings. The van der Waals surface area contributed by atoms with Gasteiger partial charge in [-0.1, -0.05) is 24.3 Å². The molecule has 1 aliphatic rings. The maximum absolute atomic E-state index is 12.2. The van der Waals surface area contributed by atoms with Gasteiger partial charge in [-0.05, 0) is 29.7 Å². The van der Waals surface area contributed by atoms with E-state index in [1.807, 2.05) is 29.8 Å². The summed E-state index contributed by atoms with van der Waals surface area (Å²) in [6, 6.07) is 14.2. The highest BCUT2D eigenvalue weighted by Gasteiger charge is 2.18. The van der Waals surface area contributed by atoms with Crippen LogP contribution in [0.4, 0.5) is 4.79 Å². The second kappa shape index (κ2) is 7.90. The number of ether oxygens (including phenoxy) is 1. The molecule has 1 unspecified atom stereocenters. The van der Waals surface area contributed by atoms with E-state index in [0.717, 1.165) is 35.6 Å². The molecule has 1 aromatic heterocycles. The maximum Gasteiger partial charge on any atom is 0.315 e. The topological polar surface area (TPSA) is 80.2 Å². The fourth-order valence-corrected chi connectivity index (χ4v) is 3.62. The molecular formula is C21H25N5O2. The molecule has 0 aliphatic carbocycles. The number of methoxy groups -OCH3 is 1. The van der Waals surface area contributed by atoms with Gasteiger partial charge >= 0.3 is 6.03 Å². The van der Waals surface area contributed by atoms with Gasteiger partial charge in [0.15, 0.2) is 0 Å². The van der Waals surface area contributed by atoms with Crippen molar-refractivity contribution in [1.29, 1.82) is 0 Å². The van der Waals surface area contributed by atoms with Gasteiger partial charge in [0.1, 0.15) is 11.6 Å². The van der Waals surface area contributed by atoms with Crippen LogP contribution in [0.5, 0.6) is 5.75 Å². The van der Waals surface area contributed by atoms with Crippen LogP contribution in [0.15, 0.2) is 42.5 Å². The Bertz CT molecular complexity index is 998. The van der Waals surface area contributed by atoms with Gasteiger partial charge in [-0.3, -0.25) is 0 Å². The second-order valence-corrected chi connectivity index (χ2v) is 7.06. The molecule has 0 saturated carbocycles. The Morgan fingerprint density at radius 1 is 1.25 bits per heavy atom. The van der Waals surface area contributed by atoms with E-state index in [9.17, 15) is 4.79 Å². The number of fused-ring (bicyclic) bond motifs is 2. The van der Waals surface area contributed by atoms with E-state index in [2.05, 4.69) is 45.2 Å². The van der Waals surface area contributed by atoms with Crippen LogP contribution in [0.2, 0.25) is 0 Å². The Hall–Kier alpha value is -3.06. The molecule has 0 spiro atoms. The Labute approximate surface area is 164 Å². The van der Waals surface area contributed by atoms with Gasteiger partial charge in [0.05, 0.1) is 24.7 Å². The number of urea groups is 1. The zero-order valence-electron chi connectivity index (χ0n) is 16.2. The summed E-state index contributed by atoms with van der Waals surface area (Å²) in [5.41, 5.74) is 4.54. The lowest BCUT2D eigenvalue weighted by Gasteiger charge is -2.26. The summed E-state index contributed by atoms with van der Waals surface area (Å²) in [5.74, 6) is 1.56. The number of rotatable bonds is 5. The highest BCUT2D eigenvalue weighted by Crippen LogP contribution is 2.21. The largest absolute Gasteiger partial charge is 0.497 e. The third kappa shape index (κ3) is 3.80. The second-order valence-electron chi connectivity index (χ2n) is 7.06. The molecule has 2 amide bonds. The van der Waals surface area contributed by atoms with Crippen molar-refractivity contribution in [3.8, 4) is 5.75 Å². The molecule has 4 rings (SSSR count). The highest BCUT2D eigenvalue weighted by molar-refractivity contribution is 5.78. The van der Waals surface area contributed by atoms with Crippen molar-refractivity contribution in [2.45, 2.75) is 25.6 Å². The molecule has 28 heavy (non-hydrogen) atoms. The van der Waals surface area contributed by atoms with E-state index >= 15 is 0 Å². The predicted octanol–water partition coefficient (Wildman–Crippen LogP) is 2.10. The average molecular weight is 379 g/mol. The van der Waals surface area contributed by atoms with E-state index < -0.39 is 0 Å². The van der Waals surface area contributed by atoms with Crippen molar-refractivity contribution >= 4 is 17.1 Å². The summed E-state index contributed by atoms with van der Waals surface area (Å²) in [5, 5.41) is 9.32. The van der Waals surface area contributed by atoms with Crippen molar-refractivity contribution < 1.29 is 9.53 Å². The molecule has 1 aliphatic heterocycles. The van der Waals surface area contributed by atoms with Crippen molar-refractivity contribution in [2.75, 3.05) is 13.7 Å². The number of aromatic nitrogens is 2. The molecule has 7 heteroatoms. The molecule has 7 nitrogen and oxygen atoms in total. The first-order valence-electron chi connectivity index (χ1n) is 9.45.